The van der Waals surface area contributed by atoms with E-state index < -0.39 is 14.8 Å². The first-order valence-corrected chi connectivity index (χ1v) is 4.16. The molecule has 5 heteroatoms. The van der Waals surface area contributed by atoms with Crippen molar-refractivity contribution in [3.8, 4) is 0 Å². The van der Waals surface area contributed by atoms with E-state index in [0.29, 0.717) is 0 Å². The fourth-order valence-corrected chi connectivity index (χ4v) is 0.926. The maximum absolute atomic E-state index is 10.1. The molecule has 0 rings (SSSR count). The standard InChI is InChI=1S/C5H12O3Si.H3N/c1-4-5(2,3)8-9(6)7;/h6H,4H2,1-3H3;1H3. The van der Waals surface area contributed by atoms with Gasteiger partial charge in [0.15, 0.2) is 0 Å². The first kappa shape index (κ1) is 12.3. The SMILES string of the molecule is CCC(C)(C)O[Si](=O)O.N. The van der Waals surface area contributed by atoms with Crippen LogP contribution in [-0.4, -0.2) is 19.6 Å². The molecule has 0 aliphatic heterocycles. The highest BCUT2D eigenvalue weighted by molar-refractivity contribution is 6.24. The molecule has 0 atom stereocenters. The predicted molar refractivity (Wildman–Crippen MR) is 39.1 cm³/mol. The van der Waals surface area contributed by atoms with Gasteiger partial charge >= 0.3 is 9.17 Å². The molecule has 0 aliphatic rings. The molecule has 0 unspecified atom stereocenters. The minimum atomic E-state index is -2.75. The molecule has 0 fully saturated rings. The fraction of sp³-hybridized carbons (Fsp3) is 1.00. The van der Waals surface area contributed by atoms with Crippen LogP contribution in [0, 0.1) is 0 Å². The zero-order chi connectivity index (χ0) is 7.49. The average molecular weight is 165 g/mol. The molecule has 0 saturated carbocycles. The van der Waals surface area contributed by atoms with Crippen molar-refractivity contribution in [1.82, 2.24) is 6.15 Å². The first-order chi connectivity index (χ1) is 3.98. The molecule has 0 aromatic rings. The summed E-state index contributed by atoms with van der Waals surface area (Å²) in [6, 6.07) is 0. The van der Waals surface area contributed by atoms with Gasteiger partial charge in [-0.15, -0.1) is 0 Å². The Morgan fingerprint density at radius 1 is 1.60 bits per heavy atom. The van der Waals surface area contributed by atoms with Gasteiger partial charge in [0.25, 0.3) is 0 Å². The lowest BCUT2D eigenvalue weighted by atomic mass is 10.1. The van der Waals surface area contributed by atoms with Crippen molar-refractivity contribution in [2.24, 2.45) is 0 Å². The monoisotopic (exact) mass is 165 g/mol. The molecule has 4 N–H and O–H groups in total. The van der Waals surface area contributed by atoms with Gasteiger partial charge in [-0.1, -0.05) is 6.92 Å². The Morgan fingerprint density at radius 3 is 2.10 bits per heavy atom. The van der Waals surface area contributed by atoms with Crippen molar-refractivity contribution in [1.29, 1.82) is 0 Å². The molecule has 0 saturated heterocycles. The molecule has 0 aliphatic carbocycles. The Kier molecular flexibility index (Phi) is 5.40. The van der Waals surface area contributed by atoms with Gasteiger partial charge in [0, 0.05) is 0 Å². The van der Waals surface area contributed by atoms with Gasteiger partial charge < -0.3 is 15.4 Å². The molecule has 62 valence electrons. The molecule has 0 amide bonds. The van der Waals surface area contributed by atoms with Crippen molar-refractivity contribution in [3.05, 3.63) is 0 Å². The van der Waals surface area contributed by atoms with E-state index >= 15 is 0 Å². The van der Waals surface area contributed by atoms with E-state index in [4.69, 9.17) is 4.80 Å². The van der Waals surface area contributed by atoms with E-state index in [1.54, 1.807) is 13.8 Å². The van der Waals surface area contributed by atoms with Crippen molar-refractivity contribution >= 4 is 9.17 Å². The predicted octanol–water partition coefficient (Wildman–Crippen LogP) is 0.761. The number of rotatable bonds is 3. The van der Waals surface area contributed by atoms with E-state index in [0.717, 1.165) is 6.42 Å². The van der Waals surface area contributed by atoms with Crippen LogP contribution in [0.1, 0.15) is 27.2 Å². The van der Waals surface area contributed by atoms with Crippen LogP contribution in [0.4, 0.5) is 0 Å². The van der Waals surface area contributed by atoms with Gasteiger partial charge in [-0.3, -0.25) is 4.46 Å². The highest BCUT2D eigenvalue weighted by Crippen LogP contribution is 2.11. The van der Waals surface area contributed by atoms with Gasteiger partial charge in [-0.05, 0) is 20.3 Å². The fourth-order valence-electron chi connectivity index (χ4n) is 0.309. The Bertz CT molecular complexity index is 115. The summed E-state index contributed by atoms with van der Waals surface area (Å²) in [5, 5.41) is 0. The molecule has 0 heterocycles. The lowest BCUT2D eigenvalue weighted by molar-refractivity contribution is 0.0669. The smallest absolute Gasteiger partial charge is 0.511 e. The van der Waals surface area contributed by atoms with Crippen LogP contribution >= 0.6 is 0 Å². The minimum Gasteiger partial charge on any atom is -0.511 e. The third kappa shape index (κ3) is 5.71. The second kappa shape index (κ2) is 4.40. The van der Waals surface area contributed by atoms with E-state index in [-0.39, 0.29) is 6.15 Å². The normalized spacial score (nSPS) is 9.90. The Balaban J connectivity index is 0. The molecule has 10 heavy (non-hydrogen) atoms. The molecular formula is C5H15NO3Si. The number of hydrogen-bond acceptors (Lipinski definition) is 3. The minimum absolute atomic E-state index is 0. The summed E-state index contributed by atoms with van der Waals surface area (Å²) in [5.41, 5.74) is -0.454. The maximum atomic E-state index is 10.1. The van der Waals surface area contributed by atoms with Crippen LogP contribution < -0.4 is 6.15 Å². The van der Waals surface area contributed by atoms with Crippen molar-refractivity contribution in [2.75, 3.05) is 0 Å². The van der Waals surface area contributed by atoms with E-state index in [1.165, 1.54) is 0 Å². The molecule has 0 bridgehead atoms. The second-order valence-electron chi connectivity index (χ2n) is 2.48. The summed E-state index contributed by atoms with van der Waals surface area (Å²) in [4.78, 5) is 8.34. The maximum Gasteiger partial charge on any atom is 0.765 e. The first-order valence-electron chi connectivity index (χ1n) is 2.90. The summed E-state index contributed by atoms with van der Waals surface area (Å²) in [7, 11) is -2.75. The molecule has 0 radical (unpaired) electrons. The van der Waals surface area contributed by atoms with Crippen LogP contribution in [0.2, 0.25) is 0 Å². The molecular weight excluding hydrogens is 150 g/mol. The van der Waals surface area contributed by atoms with Crippen molar-refractivity contribution < 1.29 is 13.7 Å². The summed E-state index contributed by atoms with van der Waals surface area (Å²) >= 11 is 0. The Hall–Kier alpha value is -0.423. The van der Waals surface area contributed by atoms with E-state index in [2.05, 4.69) is 4.43 Å². The second-order valence-corrected chi connectivity index (χ2v) is 3.22. The van der Waals surface area contributed by atoms with Gasteiger partial charge in [0.1, 0.15) is 0 Å². The average Bonchev–Trinajstić information content (AvgIpc) is 1.63. The van der Waals surface area contributed by atoms with Gasteiger partial charge in [0.05, 0.1) is 5.60 Å². The summed E-state index contributed by atoms with van der Waals surface area (Å²) in [6.45, 7) is 5.47. The van der Waals surface area contributed by atoms with Gasteiger partial charge in [-0.2, -0.15) is 0 Å². The highest BCUT2D eigenvalue weighted by Gasteiger charge is 2.21. The molecule has 0 spiro atoms. The largest absolute Gasteiger partial charge is 0.765 e. The molecule has 0 aromatic heterocycles. The lowest BCUT2D eigenvalue weighted by Crippen LogP contribution is -2.27. The molecule has 0 aromatic carbocycles. The topological polar surface area (TPSA) is 81.5 Å². The van der Waals surface area contributed by atoms with Crippen molar-refractivity contribution in [3.63, 3.8) is 0 Å². The summed E-state index contributed by atoms with van der Waals surface area (Å²) < 4.78 is 14.8. The van der Waals surface area contributed by atoms with Crippen LogP contribution in [0.5, 0.6) is 0 Å². The Labute approximate surface area is 62.7 Å². The zero-order valence-electron chi connectivity index (χ0n) is 6.68. The zero-order valence-corrected chi connectivity index (χ0v) is 7.68. The van der Waals surface area contributed by atoms with Crippen molar-refractivity contribution in [2.45, 2.75) is 32.8 Å². The summed E-state index contributed by atoms with van der Waals surface area (Å²) in [6.07, 6.45) is 0.740. The quantitative estimate of drug-likeness (QED) is 0.605. The van der Waals surface area contributed by atoms with E-state index in [1.807, 2.05) is 6.92 Å². The van der Waals surface area contributed by atoms with Crippen LogP contribution in [-0.2, 0) is 8.89 Å². The van der Waals surface area contributed by atoms with E-state index in [9.17, 15) is 4.46 Å². The van der Waals surface area contributed by atoms with Gasteiger partial charge in [-0.25, -0.2) is 0 Å². The van der Waals surface area contributed by atoms with Crippen LogP contribution in [0.25, 0.3) is 0 Å². The highest BCUT2D eigenvalue weighted by atomic mass is 28.3. The number of hydrogen-bond donors (Lipinski definition) is 2. The lowest BCUT2D eigenvalue weighted by Gasteiger charge is -2.21. The van der Waals surface area contributed by atoms with Gasteiger partial charge in [0.2, 0.25) is 0 Å². The summed E-state index contributed by atoms with van der Waals surface area (Å²) in [5.74, 6) is 0. The van der Waals surface area contributed by atoms with Crippen LogP contribution in [0.3, 0.4) is 0 Å². The third-order valence-electron chi connectivity index (χ3n) is 1.22. The molecule has 4 nitrogen and oxygen atoms in total. The Morgan fingerprint density at radius 2 is 2.00 bits per heavy atom. The third-order valence-corrected chi connectivity index (χ3v) is 1.94. The van der Waals surface area contributed by atoms with Crippen LogP contribution in [0.15, 0.2) is 0 Å².